The third kappa shape index (κ3) is 2.79. The quantitative estimate of drug-likeness (QED) is 0.706. The van der Waals surface area contributed by atoms with Crippen molar-refractivity contribution in [1.82, 2.24) is 0 Å². The van der Waals surface area contributed by atoms with Crippen molar-refractivity contribution in [2.24, 2.45) is 46.3 Å². The third-order valence-electron chi connectivity index (χ3n) is 9.68. The normalized spacial score (nSPS) is 53.7. The number of hydrogen-bond acceptors (Lipinski definition) is 3. The van der Waals surface area contributed by atoms with E-state index in [1.165, 1.54) is 25.7 Å². The van der Waals surface area contributed by atoms with Gasteiger partial charge in [0.2, 0.25) is 0 Å². The van der Waals surface area contributed by atoms with Gasteiger partial charge in [-0.2, -0.15) is 0 Å². The van der Waals surface area contributed by atoms with Gasteiger partial charge in [-0.1, -0.05) is 32.9 Å². The van der Waals surface area contributed by atoms with Crippen molar-refractivity contribution >= 4 is 5.78 Å². The maximum Gasteiger partial charge on any atom is 0.136 e. The van der Waals surface area contributed by atoms with Crippen molar-refractivity contribution in [3.8, 4) is 0 Å². The molecule has 0 radical (unpaired) electrons. The van der Waals surface area contributed by atoms with E-state index >= 15 is 0 Å². The average molecular weight is 375 g/mol. The Hall–Kier alpha value is -0.670. The molecule has 2 N–H and O–H groups in total. The Morgan fingerprint density at radius 3 is 2.48 bits per heavy atom. The van der Waals surface area contributed by atoms with E-state index in [1.54, 1.807) is 0 Å². The van der Waals surface area contributed by atoms with Gasteiger partial charge in [0.25, 0.3) is 0 Å². The molecule has 4 aliphatic rings. The molecule has 10 atom stereocenters. The first-order chi connectivity index (χ1) is 12.7. The molecule has 0 aliphatic heterocycles. The number of aliphatic hydroxyl groups excluding tert-OH is 2. The van der Waals surface area contributed by atoms with Crippen LogP contribution in [-0.2, 0) is 4.79 Å². The van der Waals surface area contributed by atoms with Crippen molar-refractivity contribution < 1.29 is 15.0 Å². The van der Waals surface area contributed by atoms with Crippen molar-refractivity contribution in [2.75, 3.05) is 0 Å². The van der Waals surface area contributed by atoms with E-state index in [4.69, 9.17) is 0 Å². The number of allylic oxidation sites excluding steroid dienone is 2. The van der Waals surface area contributed by atoms with E-state index in [-0.39, 0.29) is 11.3 Å². The van der Waals surface area contributed by atoms with Gasteiger partial charge < -0.3 is 10.2 Å². The zero-order valence-electron chi connectivity index (χ0n) is 17.5. The molecule has 0 aromatic rings. The second-order valence-electron chi connectivity index (χ2n) is 10.8. The number of hydrogen-bond donors (Lipinski definition) is 2. The Labute approximate surface area is 164 Å². The number of fused-ring (bicyclic) bond motifs is 5. The third-order valence-corrected chi connectivity index (χ3v) is 9.68. The summed E-state index contributed by atoms with van der Waals surface area (Å²) in [6, 6.07) is 0. The highest BCUT2D eigenvalue weighted by Crippen LogP contribution is 2.67. The molecule has 4 fully saturated rings. The average Bonchev–Trinajstić information content (AvgIpc) is 2.95. The first kappa shape index (κ1) is 19.6. The van der Waals surface area contributed by atoms with Crippen LogP contribution in [0.5, 0.6) is 0 Å². The summed E-state index contributed by atoms with van der Waals surface area (Å²) in [4.78, 5) is 13.1. The highest BCUT2D eigenvalue weighted by molar-refractivity contribution is 5.83. The van der Waals surface area contributed by atoms with Gasteiger partial charge in [0, 0.05) is 12.3 Å². The van der Waals surface area contributed by atoms with Crippen molar-refractivity contribution in [3.63, 3.8) is 0 Å². The Balaban J connectivity index is 1.64. The van der Waals surface area contributed by atoms with Crippen molar-refractivity contribution in [2.45, 2.75) is 84.8 Å². The van der Waals surface area contributed by atoms with Gasteiger partial charge >= 0.3 is 0 Å². The molecule has 0 aromatic heterocycles. The standard InChI is InChI=1S/C24H38O3/c1-5-6-14(2)16-7-8-17-15-11-20(25)19-12-21(26)22(27)13-24(19,4)18(15)9-10-23(16,17)3/h5-6,14-19,21-22,26-27H,7-13H2,1-4H3/b6-5+/t14-,15?,16-,17?,18?,19-,21?,22-,23-,24-/m1/s1. The monoisotopic (exact) mass is 374 g/mol. The molecular weight excluding hydrogens is 336 g/mol. The predicted octanol–water partition coefficient (Wildman–Crippen LogP) is 4.37. The minimum atomic E-state index is -0.727. The van der Waals surface area contributed by atoms with Crippen LogP contribution in [0.25, 0.3) is 0 Å². The summed E-state index contributed by atoms with van der Waals surface area (Å²) in [6.45, 7) is 9.24. The molecule has 4 unspecified atom stereocenters. The molecule has 3 heteroatoms. The van der Waals surface area contributed by atoms with Crippen LogP contribution in [0, 0.1) is 46.3 Å². The lowest BCUT2D eigenvalue weighted by Gasteiger charge is -2.60. The molecule has 0 bridgehead atoms. The minimum Gasteiger partial charge on any atom is -0.390 e. The summed E-state index contributed by atoms with van der Waals surface area (Å²) in [5, 5.41) is 20.6. The highest BCUT2D eigenvalue weighted by Gasteiger charge is 2.63. The maximum absolute atomic E-state index is 13.1. The van der Waals surface area contributed by atoms with Gasteiger partial charge in [0.05, 0.1) is 12.2 Å². The molecule has 4 aliphatic carbocycles. The van der Waals surface area contributed by atoms with E-state index in [0.29, 0.717) is 54.1 Å². The molecule has 27 heavy (non-hydrogen) atoms. The van der Waals surface area contributed by atoms with Crippen LogP contribution in [-0.4, -0.2) is 28.2 Å². The Morgan fingerprint density at radius 2 is 1.78 bits per heavy atom. The SMILES string of the molecule is C/C=C/[C@@H](C)[C@H]1CCC2C3CC(=O)[C@H]4CC(O)[C@H](O)C[C@]4(C)C3CC[C@@]21C. The van der Waals surface area contributed by atoms with E-state index in [0.717, 1.165) is 5.92 Å². The zero-order chi connectivity index (χ0) is 19.6. The van der Waals surface area contributed by atoms with Gasteiger partial charge in [-0.3, -0.25) is 4.79 Å². The molecule has 0 heterocycles. The highest BCUT2D eigenvalue weighted by atomic mass is 16.3. The van der Waals surface area contributed by atoms with Gasteiger partial charge in [0.15, 0.2) is 0 Å². The number of ketones is 1. The number of aliphatic hydroxyl groups is 2. The molecule has 0 saturated heterocycles. The van der Waals surface area contributed by atoms with Gasteiger partial charge in [0.1, 0.15) is 5.78 Å². The number of carbonyl (C=O) groups is 1. The second-order valence-corrected chi connectivity index (χ2v) is 10.8. The smallest absolute Gasteiger partial charge is 0.136 e. The Kier molecular flexibility index (Phi) is 4.87. The summed E-state index contributed by atoms with van der Waals surface area (Å²) in [5.74, 6) is 3.27. The van der Waals surface area contributed by atoms with Crippen LogP contribution in [0.2, 0.25) is 0 Å². The first-order valence-corrected chi connectivity index (χ1v) is 11.2. The summed E-state index contributed by atoms with van der Waals surface area (Å²) in [6.07, 6.45) is 9.89. The molecule has 152 valence electrons. The lowest BCUT2D eigenvalue weighted by molar-refractivity contribution is -0.173. The van der Waals surface area contributed by atoms with Gasteiger partial charge in [-0.05, 0) is 85.9 Å². The maximum atomic E-state index is 13.1. The lowest BCUT2D eigenvalue weighted by Crippen LogP contribution is -2.59. The summed E-state index contributed by atoms with van der Waals surface area (Å²) < 4.78 is 0. The van der Waals surface area contributed by atoms with Gasteiger partial charge in [-0.15, -0.1) is 0 Å². The van der Waals surface area contributed by atoms with E-state index in [1.807, 2.05) is 0 Å². The molecule has 4 saturated carbocycles. The van der Waals surface area contributed by atoms with Crippen LogP contribution in [0.4, 0.5) is 0 Å². The largest absolute Gasteiger partial charge is 0.390 e. The van der Waals surface area contributed by atoms with E-state index in [9.17, 15) is 15.0 Å². The Morgan fingerprint density at radius 1 is 1.07 bits per heavy atom. The Bertz CT molecular complexity index is 627. The van der Waals surface area contributed by atoms with Crippen LogP contribution < -0.4 is 0 Å². The predicted molar refractivity (Wildman–Crippen MR) is 107 cm³/mol. The van der Waals surface area contributed by atoms with Crippen LogP contribution >= 0.6 is 0 Å². The lowest BCUT2D eigenvalue weighted by atomic mass is 9.44. The second kappa shape index (κ2) is 6.69. The number of Topliss-reactive ketones (excluding diaryl/α,β-unsaturated/α-hetero) is 1. The van der Waals surface area contributed by atoms with Gasteiger partial charge in [-0.25, -0.2) is 0 Å². The van der Waals surface area contributed by atoms with Crippen LogP contribution in [0.15, 0.2) is 12.2 Å². The van der Waals surface area contributed by atoms with Crippen molar-refractivity contribution in [1.29, 1.82) is 0 Å². The van der Waals surface area contributed by atoms with Crippen molar-refractivity contribution in [3.05, 3.63) is 12.2 Å². The molecular formula is C24H38O3. The molecule has 0 amide bonds. The molecule has 0 spiro atoms. The van der Waals surface area contributed by atoms with E-state index in [2.05, 4.69) is 39.8 Å². The molecule has 4 rings (SSSR count). The topological polar surface area (TPSA) is 57.5 Å². The minimum absolute atomic E-state index is 0.0549. The number of rotatable bonds is 2. The zero-order valence-corrected chi connectivity index (χ0v) is 17.5. The summed E-state index contributed by atoms with van der Waals surface area (Å²) >= 11 is 0. The molecule has 3 nitrogen and oxygen atoms in total. The fourth-order valence-electron chi connectivity index (χ4n) is 8.41. The van der Waals surface area contributed by atoms with Crippen LogP contribution in [0.1, 0.15) is 72.6 Å². The van der Waals surface area contributed by atoms with E-state index < -0.39 is 12.2 Å². The van der Waals surface area contributed by atoms with Crippen LogP contribution in [0.3, 0.4) is 0 Å². The number of carbonyl (C=O) groups excluding carboxylic acids is 1. The fraction of sp³-hybridized carbons (Fsp3) is 0.875. The fourth-order valence-corrected chi connectivity index (χ4v) is 8.41. The first-order valence-electron chi connectivity index (χ1n) is 11.2. The summed E-state index contributed by atoms with van der Waals surface area (Å²) in [5.41, 5.74) is 0.212. The molecule has 0 aromatic carbocycles. The summed E-state index contributed by atoms with van der Waals surface area (Å²) in [7, 11) is 0.